The predicted molar refractivity (Wildman–Crippen MR) is 113 cm³/mol. The van der Waals surface area contributed by atoms with Crippen LogP contribution < -0.4 is 4.90 Å². The van der Waals surface area contributed by atoms with Crippen molar-refractivity contribution in [2.75, 3.05) is 18.1 Å². The molecule has 4 rings (SSSR count). The van der Waals surface area contributed by atoms with Gasteiger partial charge in [0, 0.05) is 43.4 Å². The number of esters is 1. The highest BCUT2D eigenvalue weighted by Crippen LogP contribution is 2.44. The molecule has 1 fully saturated rings. The third-order valence-electron chi connectivity index (χ3n) is 6.43. The second kappa shape index (κ2) is 7.37. The first-order valence-corrected chi connectivity index (χ1v) is 10.3. The molecule has 8 nitrogen and oxygen atoms in total. The summed E-state index contributed by atoms with van der Waals surface area (Å²) in [6.07, 6.45) is 0.231. The number of amides is 2. The van der Waals surface area contributed by atoms with Crippen LogP contribution in [-0.2, 0) is 21.4 Å². The van der Waals surface area contributed by atoms with Gasteiger partial charge in [-0.2, -0.15) is 0 Å². The van der Waals surface area contributed by atoms with Gasteiger partial charge in [0.2, 0.25) is 17.4 Å². The number of ketones is 1. The number of benzene rings is 1. The number of hydrogen-bond donors (Lipinski definition) is 0. The van der Waals surface area contributed by atoms with E-state index in [1.165, 1.54) is 9.80 Å². The zero-order valence-electron chi connectivity index (χ0n) is 18.1. The number of carbonyl (C=O) groups is 4. The van der Waals surface area contributed by atoms with E-state index in [9.17, 15) is 19.2 Å². The number of rotatable bonds is 5. The van der Waals surface area contributed by atoms with Gasteiger partial charge in [-0.3, -0.25) is 19.3 Å². The quantitative estimate of drug-likeness (QED) is 0.544. The van der Waals surface area contributed by atoms with Gasteiger partial charge in [-0.15, -0.1) is 0 Å². The van der Waals surface area contributed by atoms with Gasteiger partial charge in [0.1, 0.15) is 0 Å². The number of aromatic nitrogens is 1. The van der Waals surface area contributed by atoms with E-state index in [1.807, 2.05) is 25.5 Å². The summed E-state index contributed by atoms with van der Waals surface area (Å²) in [4.78, 5) is 54.9. The molecule has 31 heavy (non-hydrogen) atoms. The zero-order valence-corrected chi connectivity index (χ0v) is 18.1. The summed E-state index contributed by atoms with van der Waals surface area (Å²) in [5.41, 5.74) is 1.39. The number of likely N-dealkylation sites (N-methyl/N-ethyl adjacent to an activating group) is 1. The molecule has 0 bridgehead atoms. The fraction of sp³-hybridized carbons (Fsp3) is 0.391. The van der Waals surface area contributed by atoms with Crippen LogP contribution in [0.15, 0.2) is 30.3 Å². The van der Waals surface area contributed by atoms with E-state index in [2.05, 4.69) is 0 Å². The Balaban J connectivity index is 1.67. The molecule has 8 heteroatoms. The van der Waals surface area contributed by atoms with Gasteiger partial charge in [0.05, 0.1) is 11.3 Å². The molecular formula is C23H25N3O5. The van der Waals surface area contributed by atoms with Crippen LogP contribution in [0.4, 0.5) is 5.69 Å². The number of hydrogen-bond acceptors (Lipinski definition) is 5. The number of ether oxygens (including phenoxy) is 1. The largest absolute Gasteiger partial charge is 0.454 e. The standard InChI is InChI=1S/C23H25N3O5/c1-5-25-21(29)16-8-6-7-9-18(16)26-20(28)10-11-23(25,26)22(30)31-13-19(27)17-12-14(2)24(4)15(17)3/h6-9,12H,5,10-11,13H2,1-4H3/t23-/m0/s1. The van der Waals surface area contributed by atoms with Crippen molar-refractivity contribution < 1.29 is 23.9 Å². The maximum absolute atomic E-state index is 13.4. The average Bonchev–Trinajstić information content (AvgIpc) is 3.24. The Bertz CT molecular complexity index is 1120. The van der Waals surface area contributed by atoms with E-state index in [0.29, 0.717) is 16.8 Å². The van der Waals surface area contributed by atoms with Gasteiger partial charge < -0.3 is 14.2 Å². The fourth-order valence-electron chi connectivity index (χ4n) is 4.63. The van der Waals surface area contributed by atoms with E-state index in [-0.39, 0.29) is 37.0 Å². The Labute approximate surface area is 180 Å². The van der Waals surface area contributed by atoms with Crippen molar-refractivity contribution in [2.45, 2.75) is 39.3 Å². The molecule has 2 amide bonds. The maximum Gasteiger partial charge on any atom is 0.354 e. The first-order chi connectivity index (χ1) is 14.7. The van der Waals surface area contributed by atoms with Gasteiger partial charge in [0.15, 0.2) is 6.61 Å². The molecule has 1 aromatic carbocycles. The van der Waals surface area contributed by atoms with E-state index < -0.39 is 18.2 Å². The lowest BCUT2D eigenvalue weighted by atomic mass is 9.96. The lowest BCUT2D eigenvalue weighted by Gasteiger charge is -2.47. The summed E-state index contributed by atoms with van der Waals surface area (Å²) in [5, 5.41) is 0. The van der Waals surface area contributed by atoms with Gasteiger partial charge in [-0.05, 0) is 39.0 Å². The Morgan fingerprint density at radius 1 is 1.16 bits per heavy atom. The minimum Gasteiger partial charge on any atom is -0.454 e. The van der Waals surface area contributed by atoms with Crippen molar-refractivity contribution in [1.82, 2.24) is 9.47 Å². The second-order valence-electron chi connectivity index (χ2n) is 7.96. The number of fused-ring (bicyclic) bond motifs is 3. The topological polar surface area (TPSA) is 88.9 Å². The lowest BCUT2D eigenvalue weighted by Crippen LogP contribution is -2.68. The Hall–Kier alpha value is -3.42. The number of Topliss-reactive ketones (excluding diaryl/α,β-unsaturated/α-hetero) is 1. The van der Waals surface area contributed by atoms with Gasteiger partial charge in [-0.25, -0.2) is 4.79 Å². The molecule has 0 N–H and O–H groups in total. The summed E-state index contributed by atoms with van der Waals surface area (Å²) in [6.45, 7) is 5.23. The van der Waals surface area contributed by atoms with Crippen molar-refractivity contribution in [1.29, 1.82) is 0 Å². The molecule has 0 saturated carbocycles. The molecule has 0 aliphatic carbocycles. The van der Waals surface area contributed by atoms with Gasteiger partial charge in [-0.1, -0.05) is 12.1 Å². The molecule has 2 aliphatic heterocycles. The number of carbonyl (C=O) groups excluding carboxylic acids is 4. The highest BCUT2D eigenvalue weighted by Gasteiger charge is 2.61. The molecule has 162 valence electrons. The third kappa shape index (κ3) is 2.89. The maximum atomic E-state index is 13.4. The fourth-order valence-corrected chi connectivity index (χ4v) is 4.63. The molecule has 0 unspecified atom stereocenters. The molecule has 0 spiro atoms. The van der Waals surface area contributed by atoms with Crippen LogP contribution in [0.1, 0.15) is 51.9 Å². The molecule has 1 atom stereocenters. The summed E-state index contributed by atoms with van der Waals surface area (Å²) < 4.78 is 7.35. The SMILES string of the molecule is CCN1C(=O)c2ccccc2N2C(=O)CC[C@]12C(=O)OCC(=O)c1cc(C)n(C)c1C. The normalized spacial score (nSPS) is 20.0. The Kier molecular flexibility index (Phi) is 4.95. The molecule has 1 aromatic heterocycles. The number of aryl methyl sites for hydroxylation is 1. The van der Waals surface area contributed by atoms with Crippen LogP contribution in [-0.4, -0.2) is 51.8 Å². The predicted octanol–water partition coefficient (Wildman–Crippen LogP) is 2.37. The van der Waals surface area contributed by atoms with E-state index in [0.717, 1.165) is 11.4 Å². The Morgan fingerprint density at radius 3 is 2.52 bits per heavy atom. The molecule has 1 saturated heterocycles. The number of anilines is 1. The lowest BCUT2D eigenvalue weighted by molar-refractivity contribution is -0.156. The van der Waals surface area contributed by atoms with Crippen LogP contribution in [0.3, 0.4) is 0 Å². The Morgan fingerprint density at radius 2 is 1.87 bits per heavy atom. The zero-order chi connectivity index (χ0) is 22.5. The van der Waals surface area contributed by atoms with Gasteiger partial charge in [0.25, 0.3) is 5.91 Å². The van der Waals surface area contributed by atoms with Crippen molar-refractivity contribution in [3.63, 3.8) is 0 Å². The monoisotopic (exact) mass is 423 g/mol. The third-order valence-corrected chi connectivity index (χ3v) is 6.43. The number of para-hydroxylation sites is 1. The van der Waals surface area contributed by atoms with E-state index in [1.54, 1.807) is 37.3 Å². The highest BCUT2D eigenvalue weighted by atomic mass is 16.5. The van der Waals surface area contributed by atoms with Crippen LogP contribution >= 0.6 is 0 Å². The highest BCUT2D eigenvalue weighted by molar-refractivity contribution is 6.15. The first kappa shape index (κ1) is 20.8. The average molecular weight is 423 g/mol. The van der Waals surface area contributed by atoms with E-state index in [4.69, 9.17) is 4.74 Å². The van der Waals surface area contributed by atoms with Crippen LogP contribution in [0.2, 0.25) is 0 Å². The molecule has 2 aromatic rings. The smallest absolute Gasteiger partial charge is 0.354 e. The molecule has 3 heterocycles. The summed E-state index contributed by atoms with van der Waals surface area (Å²) in [5.74, 6) is -1.67. The van der Waals surface area contributed by atoms with Crippen LogP contribution in [0, 0.1) is 13.8 Å². The second-order valence-corrected chi connectivity index (χ2v) is 7.96. The van der Waals surface area contributed by atoms with Crippen LogP contribution in [0.25, 0.3) is 0 Å². The van der Waals surface area contributed by atoms with E-state index >= 15 is 0 Å². The van der Waals surface area contributed by atoms with Gasteiger partial charge >= 0.3 is 5.97 Å². The summed E-state index contributed by atoms with van der Waals surface area (Å²) in [7, 11) is 1.86. The van der Waals surface area contributed by atoms with Crippen molar-refractivity contribution in [3.05, 3.63) is 52.8 Å². The van der Waals surface area contributed by atoms with Crippen LogP contribution in [0.5, 0.6) is 0 Å². The van der Waals surface area contributed by atoms with Crippen molar-refractivity contribution >= 4 is 29.3 Å². The minimum absolute atomic E-state index is 0.109. The van der Waals surface area contributed by atoms with Crippen molar-refractivity contribution in [2.24, 2.45) is 7.05 Å². The molecule has 2 aliphatic rings. The first-order valence-electron chi connectivity index (χ1n) is 10.3. The summed E-state index contributed by atoms with van der Waals surface area (Å²) in [6, 6.07) is 8.50. The molecule has 0 radical (unpaired) electrons. The number of nitrogens with zero attached hydrogens (tertiary/aromatic N) is 3. The minimum atomic E-state index is -1.57. The van der Waals surface area contributed by atoms with Crippen molar-refractivity contribution in [3.8, 4) is 0 Å². The summed E-state index contributed by atoms with van der Waals surface area (Å²) >= 11 is 0. The molecular weight excluding hydrogens is 398 g/mol.